The van der Waals surface area contributed by atoms with E-state index in [1.54, 1.807) is 0 Å². The van der Waals surface area contributed by atoms with Gasteiger partial charge in [0.05, 0.1) is 0 Å². The smallest absolute Gasteiger partial charge is 0.222 e. The van der Waals surface area contributed by atoms with Gasteiger partial charge in [0.2, 0.25) is 11.8 Å². The number of hydrogen-bond donors (Lipinski definition) is 1. The van der Waals surface area contributed by atoms with Crippen LogP contribution in [0.15, 0.2) is 0 Å². The first-order chi connectivity index (χ1) is 11.7. The average molecular weight is 338 g/mol. The predicted octanol–water partition coefficient (Wildman–Crippen LogP) is 2.54. The molecule has 0 aromatic carbocycles. The van der Waals surface area contributed by atoms with Gasteiger partial charge in [0.25, 0.3) is 0 Å². The lowest BCUT2D eigenvalue weighted by molar-refractivity contribution is -0.140. The molecule has 2 amide bonds. The summed E-state index contributed by atoms with van der Waals surface area (Å²) in [7, 11) is 0. The van der Waals surface area contributed by atoms with Gasteiger partial charge in [-0.15, -0.1) is 0 Å². The number of hydrogen-bond acceptors (Lipinski definition) is 3. The maximum atomic E-state index is 12.4. The van der Waals surface area contributed by atoms with E-state index in [1.165, 1.54) is 32.1 Å². The first kappa shape index (κ1) is 19.2. The fraction of sp³-hybridized carbons (Fsp3) is 0.895. The molecule has 2 fully saturated rings. The Balaban J connectivity index is 1.61. The highest BCUT2D eigenvalue weighted by atomic mass is 16.2. The summed E-state index contributed by atoms with van der Waals surface area (Å²) in [6.45, 7) is 3.58. The van der Waals surface area contributed by atoms with Crippen LogP contribution in [0.4, 0.5) is 0 Å². The van der Waals surface area contributed by atoms with Gasteiger partial charge in [-0.3, -0.25) is 9.59 Å². The lowest BCUT2D eigenvalue weighted by Crippen LogP contribution is -2.50. The summed E-state index contributed by atoms with van der Waals surface area (Å²) in [5.74, 6) is 1.15. The molecule has 0 spiro atoms. The van der Waals surface area contributed by atoms with Gasteiger partial charge in [0, 0.05) is 39.0 Å². The van der Waals surface area contributed by atoms with Crippen molar-refractivity contribution in [3.63, 3.8) is 0 Å². The van der Waals surface area contributed by atoms with Gasteiger partial charge in [-0.2, -0.15) is 0 Å². The zero-order valence-corrected chi connectivity index (χ0v) is 15.2. The van der Waals surface area contributed by atoms with Crippen LogP contribution in [0.3, 0.4) is 0 Å². The topological polar surface area (TPSA) is 66.6 Å². The highest BCUT2D eigenvalue weighted by Gasteiger charge is 2.26. The molecule has 1 aliphatic carbocycles. The molecule has 5 nitrogen and oxygen atoms in total. The van der Waals surface area contributed by atoms with E-state index in [0.717, 1.165) is 38.6 Å². The maximum Gasteiger partial charge on any atom is 0.222 e. The highest BCUT2D eigenvalue weighted by molar-refractivity contribution is 5.78. The zero-order valence-electron chi connectivity index (χ0n) is 15.2. The van der Waals surface area contributed by atoms with E-state index in [4.69, 9.17) is 5.73 Å². The summed E-state index contributed by atoms with van der Waals surface area (Å²) < 4.78 is 0. The van der Waals surface area contributed by atoms with Gasteiger partial charge < -0.3 is 15.5 Å². The second-order valence-electron chi connectivity index (χ2n) is 7.42. The molecular weight excluding hydrogens is 302 g/mol. The molecule has 1 heterocycles. The molecule has 1 saturated carbocycles. The fourth-order valence-electron chi connectivity index (χ4n) is 3.90. The Morgan fingerprint density at radius 2 is 1.38 bits per heavy atom. The molecule has 1 saturated heterocycles. The molecule has 0 atom stereocenters. The van der Waals surface area contributed by atoms with Crippen LogP contribution in [0.2, 0.25) is 0 Å². The van der Waals surface area contributed by atoms with Crippen LogP contribution in [-0.2, 0) is 9.59 Å². The van der Waals surface area contributed by atoms with Crippen molar-refractivity contribution in [2.75, 3.05) is 32.7 Å². The predicted molar refractivity (Wildman–Crippen MR) is 96.5 cm³/mol. The van der Waals surface area contributed by atoms with Crippen molar-refractivity contribution in [2.45, 2.75) is 70.6 Å². The molecule has 1 aliphatic heterocycles. The normalized spacial score (nSPS) is 19.5. The van der Waals surface area contributed by atoms with E-state index < -0.39 is 0 Å². The van der Waals surface area contributed by atoms with Crippen molar-refractivity contribution < 1.29 is 9.59 Å². The highest BCUT2D eigenvalue weighted by Crippen LogP contribution is 2.27. The second kappa shape index (κ2) is 10.7. The molecule has 0 aromatic rings. The number of rotatable bonds is 8. The molecule has 0 aromatic heterocycles. The molecule has 2 aliphatic rings. The third-order valence-corrected chi connectivity index (χ3v) is 5.52. The Bertz CT molecular complexity index is 386. The van der Waals surface area contributed by atoms with Crippen LogP contribution in [0.5, 0.6) is 0 Å². The summed E-state index contributed by atoms with van der Waals surface area (Å²) >= 11 is 0. The summed E-state index contributed by atoms with van der Waals surface area (Å²) in [6, 6.07) is 0. The minimum atomic E-state index is 0.252. The van der Waals surface area contributed by atoms with E-state index in [2.05, 4.69) is 0 Å². The minimum absolute atomic E-state index is 0.252. The molecule has 0 unspecified atom stereocenters. The minimum Gasteiger partial charge on any atom is -0.339 e. The number of nitrogens with two attached hydrogens (primary N) is 1. The lowest BCUT2D eigenvalue weighted by Gasteiger charge is -2.36. The SMILES string of the molecule is NCCCCCCC(=O)N1CCN(C(=O)CC2CCCCC2)CC1. The third-order valence-electron chi connectivity index (χ3n) is 5.52. The van der Waals surface area contributed by atoms with Gasteiger partial charge >= 0.3 is 0 Å². The Morgan fingerprint density at radius 3 is 2.00 bits per heavy atom. The number of unbranched alkanes of at least 4 members (excludes halogenated alkanes) is 3. The Labute approximate surface area is 146 Å². The molecular formula is C19H35N3O2. The second-order valence-corrected chi connectivity index (χ2v) is 7.42. The maximum absolute atomic E-state index is 12.4. The number of carbonyl (C=O) groups excluding carboxylic acids is 2. The molecule has 2 rings (SSSR count). The molecule has 138 valence electrons. The first-order valence-electron chi connectivity index (χ1n) is 9.96. The van der Waals surface area contributed by atoms with Crippen LogP contribution in [0, 0.1) is 5.92 Å². The van der Waals surface area contributed by atoms with E-state index in [9.17, 15) is 9.59 Å². The van der Waals surface area contributed by atoms with Crippen molar-refractivity contribution in [1.82, 2.24) is 9.80 Å². The summed E-state index contributed by atoms with van der Waals surface area (Å²) in [4.78, 5) is 28.6. The summed E-state index contributed by atoms with van der Waals surface area (Å²) in [6.07, 6.45) is 11.9. The average Bonchev–Trinajstić information content (AvgIpc) is 2.62. The van der Waals surface area contributed by atoms with E-state index in [-0.39, 0.29) is 5.91 Å². The van der Waals surface area contributed by atoms with Gasteiger partial charge in [-0.25, -0.2) is 0 Å². The fourth-order valence-corrected chi connectivity index (χ4v) is 3.90. The number of piperazine rings is 1. The van der Waals surface area contributed by atoms with E-state index in [0.29, 0.717) is 44.4 Å². The van der Waals surface area contributed by atoms with Crippen molar-refractivity contribution in [3.8, 4) is 0 Å². The number of amides is 2. The van der Waals surface area contributed by atoms with Crippen molar-refractivity contribution in [1.29, 1.82) is 0 Å². The van der Waals surface area contributed by atoms with Crippen LogP contribution in [0.1, 0.15) is 70.6 Å². The van der Waals surface area contributed by atoms with Gasteiger partial charge in [-0.1, -0.05) is 32.1 Å². The van der Waals surface area contributed by atoms with Crippen LogP contribution in [-0.4, -0.2) is 54.3 Å². The quantitative estimate of drug-likeness (QED) is 0.692. The van der Waals surface area contributed by atoms with E-state index >= 15 is 0 Å². The van der Waals surface area contributed by atoms with Crippen LogP contribution >= 0.6 is 0 Å². The Morgan fingerprint density at radius 1 is 0.792 bits per heavy atom. The number of carbonyl (C=O) groups is 2. The van der Waals surface area contributed by atoms with Crippen molar-refractivity contribution >= 4 is 11.8 Å². The van der Waals surface area contributed by atoms with Crippen molar-refractivity contribution in [3.05, 3.63) is 0 Å². The van der Waals surface area contributed by atoms with E-state index in [1.807, 2.05) is 9.80 Å². The van der Waals surface area contributed by atoms with Gasteiger partial charge in [-0.05, 0) is 38.1 Å². The molecule has 5 heteroatoms. The van der Waals surface area contributed by atoms with Crippen molar-refractivity contribution in [2.24, 2.45) is 11.7 Å². The first-order valence-corrected chi connectivity index (χ1v) is 9.96. The van der Waals surface area contributed by atoms with Gasteiger partial charge in [0.1, 0.15) is 0 Å². The molecule has 2 N–H and O–H groups in total. The third kappa shape index (κ3) is 6.42. The molecule has 0 radical (unpaired) electrons. The van der Waals surface area contributed by atoms with Gasteiger partial charge in [0.15, 0.2) is 0 Å². The standard InChI is InChI=1S/C19H35N3O2/c20-11-7-2-1-6-10-18(23)21-12-14-22(15-13-21)19(24)16-17-8-4-3-5-9-17/h17H,1-16,20H2. The zero-order chi connectivity index (χ0) is 17.2. The summed E-state index contributed by atoms with van der Waals surface area (Å²) in [5.41, 5.74) is 5.48. The number of nitrogens with zero attached hydrogens (tertiary/aromatic N) is 2. The summed E-state index contributed by atoms with van der Waals surface area (Å²) in [5, 5.41) is 0. The van der Waals surface area contributed by atoms with Crippen LogP contribution < -0.4 is 5.73 Å². The Kier molecular flexibility index (Phi) is 8.57. The van der Waals surface area contributed by atoms with Crippen LogP contribution in [0.25, 0.3) is 0 Å². The lowest BCUT2D eigenvalue weighted by atomic mass is 9.86. The molecule has 0 bridgehead atoms. The molecule has 24 heavy (non-hydrogen) atoms. The largest absolute Gasteiger partial charge is 0.339 e. The monoisotopic (exact) mass is 337 g/mol. The Hall–Kier alpha value is -1.10.